The number of nitrogens with zero attached hydrogens (tertiary/aromatic N) is 8. The summed E-state index contributed by atoms with van der Waals surface area (Å²) >= 11 is 0. The number of aromatic carboxylic acids is 1. The Morgan fingerprint density at radius 2 is 1.25 bits per heavy atom. The van der Waals surface area contributed by atoms with E-state index in [1.165, 1.54) is 12.1 Å². The summed E-state index contributed by atoms with van der Waals surface area (Å²) in [5.41, 5.74) is 1.69. The fourth-order valence-electron chi connectivity index (χ4n) is 6.06. The van der Waals surface area contributed by atoms with Gasteiger partial charge in [-0.3, -0.25) is 18.5 Å². The Labute approximate surface area is 380 Å². The van der Waals surface area contributed by atoms with Crippen LogP contribution in [0, 0.1) is 0 Å². The number of carbonyl (C=O) groups excluding carboxylic acids is 1. The number of anilines is 2. The molecule has 0 saturated carbocycles. The van der Waals surface area contributed by atoms with Gasteiger partial charge in [-0.1, -0.05) is 0 Å². The molecule has 5 aromatic rings. The first-order chi connectivity index (χ1) is 31.9. The minimum Gasteiger partial charge on any atom is -0.505 e. The lowest BCUT2D eigenvalue weighted by Gasteiger charge is -2.14. The molecule has 356 valence electrons. The van der Waals surface area contributed by atoms with E-state index in [9.17, 15) is 78.8 Å². The molecule has 5 aromatic carbocycles. The maximum absolute atomic E-state index is 13.3. The number of aliphatic hydroxyl groups is 2. The van der Waals surface area contributed by atoms with Crippen molar-refractivity contribution in [3.8, 4) is 17.2 Å². The van der Waals surface area contributed by atoms with Crippen LogP contribution < -0.4 is 20.2 Å². The van der Waals surface area contributed by atoms with E-state index < -0.39 is 122 Å². The molecule has 0 aliphatic carbocycles. The Hall–Kier alpha value is -7.91. The fourth-order valence-corrected chi connectivity index (χ4v) is 8.01. The van der Waals surface area contributed by atoms with Crippen molar-refractivity contribution in [1.29, 1.82) is 0 Å². The first-order valence-corrected chi connectivity index (χ1v) is 22.8. The zero-order valence-corrected chi connectivity index (χ0v) is 36.2. The summed E-state index contributed by atoms with van der Waals surface area (Å²) in [6, 6.07) is 9.64. The van der Waals surface area contributed by atoms with E-state index in [0.717, 1.165) is 54.6 Å². The number of hydrazone groups is 1. The van der Waals surface area contributed by atoms with Gasteiger partial charge in [0.2, 0.25) is 6.04 Å². The molecule has 0 fully saturated rings. The maximum Gasteiger partial charge on any atom is 0.355 e. The Morgan fingerprint density at radius 1 is 0.676 bits per heavy atom. The molecule has 0 saturated heterocycles. The topological polar surface area (TPSA) is 450 Å². The van der Waals surface area contributed by atoms with Crippen molar-refractivity contribution in [3.05, 3.63) is 78.4 Å². The molecule has 0 radical (unpaired) electrons. The number of nitrogen functional groups attached to an aromatic ring is 1. The molecule has 31 heteroatoms. The van der Waals surface area contributed by atoms with E-state index in [1.807, 2.05) is 0 Å². The third-order valence-corrected chi connectivity index (χ3v) is 11.7. The van der Waals surface area contributed by atoms with Crippen LogP contribution in [0.4, 0.5) is 39.8 Å². The minimum absolute atomic E-state index is 0.109. The van der Waals surface area contributed by atoms with Gasteiger partial charge in [0.05, 0.1) is 29.4 Å². The van der Waals surface area contributed by atoms with Crippen LogP contribution in [0.25, 0.3) is 10.8 Å². The van der Waals surface area contributed by atoms with Gasteiger partial charge in [0.1, 0.15) is 62.9 Å². The average molecular weight is 1000 g/mol. The van der Waals surface area contributed by atoms with Crippen LogP contribution in [0.3, 0.4) is 0 Å². The van der Waals surface area contributed by atoms with Crippen molar-refractivity contribution in [2.24, 2.45) is 35.8 Å². The number of aromatic hydroxyl groups is 1. The van der Waals surface area contributed by atoms with Crippen molar-refractivity contribution < 1.29 is 88.3 Å². The molecule has 1 atom stereocenters. The van der Waals surface area contributed by atoms with E-state index in [4.69, 9.17) is 15.2 Å². The molecule has 10 N–H and O–H groups in total. The third kappa shape index (κ3) is 10.7. The number of amides is 1. The maximum atomic E-state index is 13.3. The first kappa shape index (κ1) is 49.5. The normalized spacial score (nSPS) is 14.7. The molecule has 1 unspecified atom stereocenters. The summed E-state index contributed by atoms with van der Waals surface area (Å²) in [6.45, 7) is -1.88. The molecule has 0 bridgehead atoms. The van der Waals surface area contributed by atoms with Gasteiger partial charge in [0, 0.05) is 28.6 Å². The summed E-state index contributed by atoms with van der Waals surface area (Å²) < 4.78 is 115. The third-order valence-electron chi connectivity index (χ3n) is 9.00. The second-order valence-corrected chi connectivity index (χ2v) is 17.6. The number of azo groups is 3. The molecule has 28 nitrogen and oxygen atoms in total. The van der Waals surface area contributed by atoms with E-state index in [-0.39, 0.29) is 52.1 Å². The second-order valence-electron chi connectivity index (χ2n) is 13.5. The Balaban J connectivity index is 1.45. The molecule has 0 aromatic heterocycles. The molecular formula is C37H31N9O19S3. The van der Waals surface area contributed by atoms with Crippen LogP contribution in [0.15, 0.2) is 123 Å². The largest absolute Gasteiger partial charge is 0.505 e. The van der Waals surface area contributed by atoms with Crippen LogP contribution in [-0.2, 0) is 39.9 Å². The van der Waals surface area contributed by atoms with Crippen LogP contribution >= 0.6 is 0 Å². The number of hydrogen-bond donors (Lipinski definition) is 9. The first-order valence-electron chi connectivity index (χ1n) is 18.5. The molecule has 0 spiro atoms. The van der Waals surface area contributed by atoms with Crippen LogP contribution in [0.5, 0.6) is 17.2 Å². The highest BCUT2D eigenvalue weighted by Crippen LogP contribution is 2.47. The number of carboxylic acids is 2. The van der Waals surface area contributed by atoms with Gasteiger partial charge in [-0.2, -0.15) is 45.6 Å². The quantitative estimate of drug-likeness (QED) is 0.0339. The Bertz CT molecular complexity index is 3370. The number of aliphatic hydroxyl groups excluding tert-OH is 2. The van der Waals surface area contributed by atoms with Gasteiger partial charge in [-0.05, 0) is 60.7 Å². The fraction of sp³-hybridized carbons (Fsp3) is 0.135. The number of hydrogen-bond acceptors (Lipinski definition) is 22. The number of nitrogens with two attached hydrogens (primary N) is 1. The molecule has 6 rings (SSSR count). The second kappa shape index (κ2) is 19.5. The lowest BCUT2D eigenvalue weighted by molar-refractivity contribution is -0.130. The number of carbonyl (C=O) groups is 3. The van der Waals surface area contributed by atoms with Crippen molar-refractivity contribution in [3.63, 3.8) is 0 Å². The van der Waals surface area contributed by atoms with Crippen LogP contribution in [0.1, 0.15) is 10.4 Å². The molecular weight excluding hydrogens is 971 g/mol. The number of carboxylic acid groups (broad SMARTS) is 2. The van der Waals surface area contributed by atoms with Gasteiger partial charge in [0.25, 0.3) is 36.3 Å². The minimum atomic E-state index is -5.56. The Kier molecular flexibility index (Phi) is 14.2. The van der Waals surface area contributed by atoms with E-state index in [0.29, 0.717) is 11.1 Å². The van der Waals surface area contributed by atoms with E-state index in [2.05, 4.69) is 35.8 Å². The SMILES string of the molecule is Nc1ccc(/N=N/c2cc(OCCO)c(/N=N/c3c(S(=O)(=O)O)cc4c(S(=O)(=O)O)c(/N=N/C5C(=O)N(c6ccc(S(=O)(=O)O)cc6)N=C5C(=O)O)ccc4c3O)cc2OCCO)c(C(=O)O)c1. The number of fused-ring (bicyclic) bond motifs is 1. The van der Waals surface area contributed by atoms with Gasteiger partial charge < -0.3 is 40.7 Å². The summed E-state index contributed by atoms with van der Waals surface area (Å²) in [7, 11) is -15.8. The standard InChI is InChI=1S/C37H31N9O19S3/c38-17-1-7-23(22(13-17)36(51)52)39-41-25-15-28(65-12-10-48)26(16-27(25)64-11-9-47)42-43-30-29(67(58,59)60)14-21-20(33(30)49)6-8-24(34(21)68(61,62)63)40-44-31-32(37(53)54)45-46(35(31)50)18-2-4-19(5-3-18)66(55,56)57/h1-8,13-16,31,47-49H,9-12,38H2,(H,51,52)(H,53,54)(H,55,56,57)(H,58,59,60)(H,61,62,63)/b41-39+,43-42+,44-40+. The zero-order valence-electron chi connectivity index (χ0n) is 33.8. The van der Waals surface area contributed by atoms with Gasteiger partial charge in [-0.25, -0.2) is 9.59 Å². The number of benzene rings is 5. The lowest BCUT2D eigenvalue weighted by atomic mass is 10.1. The summed E-state index contributed by atoms with van der Waals surface area (Å²) in [5, 5.41) is 75.4. The zero-order chi connectivity index (χ0) is 49.9. The predicted molar refractivity (Wildman–Crippen MR) is 230 cm³/mol. The lowest BCUT2D eigenvalue weighted by Crippen LogP contribution is -2.33. The number of rotatable bonds is 18. The van der Waals surface area contributed by atoms with E-state index in [1.54, 1.807) is 0 Å². The highest BCUT2D eigenvalue weighted by molar-refractivity contribution is 7.86. The monoisotopic (exact) mass is 1000 g/mol. The van der Waals surface area contributed by atoms with Gasteiger partial charge in [0.15, 0.2) is 11.5 Å². The van der Waals surface area contributed by atoms with Crippen molar-refractivity contribution in [1.82, 2.24) is 0 Å². The highest BCUT2D eigenvalue weighted by Gasteiger charge is 2.41. The van der Waals surface area contributed by atoms with Crippen LogP contribution in [0.2, 0.25) is 0 Å². The number of phenolic OH excluding ortho intramolecular Hbond substituents is 1. The molecule has 1 aliphatic heterocycles. The van der Waals surface area contributed by atoms with Gasteiger partial charge in [-0.15, -0.1) is 20.5 Å². The number of phenols is 1. The summed E-state index contributed by atoms with van der Waals surface area (Å²) in [6.07, 6.45) is 0. The van der Waals surface area contributed by atoms with Crippen LogP contribution in [-0.4, -0.2) is 120 Å². The van der Waals surface area contributed by atoms with Crippen molar-refractivity contribution in [2.75, 3.05) is 37.2 Å². The summed E-state index contributed by atoms with van der Waals surface area (Å²) in [5.74, 6) is -6.11. The highest BCUT2D eigenvalue weighted by atomic mass is 32.2. The molecule has 68 heavy (non-hydrogen) atoms. The number of ether oxygens (including phenoxy) is 2. The van der Waals surface area contributed by atoms with E-state index >= 15 is 0 Å². The average Bonchev–Trinajstić information content (AvgIpc) is 3.60. The molecule has 1 heterocycles. The summed E-state index contributed by atoms with van der Waals surface area (Å²) in [4.78, 5) is 34.0. The smallest absolute Gasteiger partial charge is 0.355 e. The van der Waals surface area contributed by atoms with Crippen molar-refractivity contribution >= 4 is 104 Å². The Morgan fingerprint density at radius 3 is 1.78 bits per heavy atom. The van der Waals surface area contributed by atoms with Gasteiger partial charge >= 0.3 is 11.9 Å². The number of aliphatic carboxylic acids is 1. The predicted octanol–water partition coefficient (Wildman–Crippen LogP) is 4.08. The molecule has 1 amide bonds. The molecule has 1 aliphatic rings. The van der Waals surface area contributed by atoms with Crippen molar-refractivity contribution in [2.45, 2.75) is 20.7 Å².